The second-order valence-corrected chi connectivity index (χ2v) is 10.2. The van der Waals surface area contributed by atoms with Gasteiger partial charge in [-0.1, -0.05) is 44.5 Å². The van der Waals surface area contributed by atoms with Crippen molar-refractivity contribution in [1.82, 2.24) is 14.7 Å². The van der Waals surface area contributed by atoms with Gasteiger partial charge in [-0.2, -0.15) is 0 Å². The Balaban J connectivity index is 1.32. The highest BCUT2D eigenvalue weighted by atomic mass is 16.3. The maximum absolute atomic E-state index is 13.2. The SMILES string of the molecule is CC(C)c1ccc(O)c(C(=O)N2Cc3ccc(CN4CCN(CCCCCN)CC4)cc3C2)c1. The summed E-state index contributed by atoms with van der Waals surface area (Å²) >= 11 is 0. The third kappa shape index (κ3) is 5.98. The molecule has 2 aromatic carbocycles. The van der Waals surface area contributed by atoms with E-state index in [2.05, 4.69) is 41.8 Å². The van der Waals surface area contributed by atoms with Crippen LogP contribution in [0, 0.1) is 0 Å². The van der Waals surface area contributed by atoms with E-state index < -0.39 is 0 Å². The zero-order chi connectivity index (χ0) is 24.1. The highest BCUT2D eigenvalue weighted by molar-refractivity contribution is 5.97. The Morgan fingerprint density at radius 3 is 2.41 bits per heavy atom. The summed E-state index contributed by atoms with van der Waals surface area (Å²) in [5.41, 5.74) is 10.8. The zero-order valence-corrected chi connectivity index (χ0v) is 20.8. The Bertz CT molecular complexity index is 982. The number of piperazine rings is 1. The van der Waals surface area contributed by atoms with Crippen LogP contribution in [-0.4, -0.2) is 65.0 Å². The molecule has 184 valence electrons. The summed E-state index contributed by atoms with van der Waals surface area (Å²) < 4.78 is 0. The maximum Gasteiger partial charge on any atom is 0.258 e. The van der Waals surface area contributed by atoms with Crippen molar-refractivity contribution in [3.05, 3.63) is 64.2 Å². The number of unbranched alkanes of at least 4 members (excludes halogenated alkanes) is 2. The number of benzene rings is 2. The van der Waals surface area contributed by atoms with E-state index in [1.54, 1.807) is 6.07 Å². The predicted molar refractivity (Wildman–Crippen MR) is 137 cm³/mol. The smallest absolute Gasteiger partial charge is 0.258 e. The van der Waals surface area contributed by atoms with Crippen molar-refractivity contribution in [2.45, 2.75) is 58.7 Å². The average molecular weight is 465 g/mol. The summed E-state index contributed by atoms with van der Waals surface area (Å²) in [6.45, 7) is 12.8. The minimum atomic E-state index is -0.0969. The highest BCUT2D eigenvalue weighted by Crippen LogP contribution is 2.30. The quantitative estimate of drug-likeness (QED) is 0.551. The minimum Gasteiger partial charge on any atom is -0.507 e. The number of hydrogen-bond acceptors (Lipinski definition) is 5. The molecular weight excluding hydrogens is 424 g/mol. The fourth-order valence-electron chi connectivity index (χ4n) is 5.03. The minimum absolute atomic E-state index is 0.0598. The molecule has 0 atom stereocenters. The molecule has 6 nitrogen and oxygen atoms in total. The van der Waals surface area contributed by atoms with Gasteiger partial charge in [0.15, 0.2) is 0 Å². The number of aromatic hydroxyl groups is 1. The average Bonchev–Trinajstić information content (AvgIpc) is 3.26. The van der Waals surface area contributed by atoms with Crippen LogP contribution in [0.2, 0.25) is 0 Å². The zero-order valence-electron chi connectivity index (χ0n) is 20.8. The van der Waals surface area contributed by atoms with E-state index in [1.165, 1.54) is 36.1 Å². The lowest BCUT2D eigenvalue weighted by Gasteiger charge is -2.34. The number of amides is 1. The van der Waals surface area contributed by atoms with Gasteiger partial charge >= 0.3 is 0 Å². The number of carbonyl (C=O) groups excluding carboxylic acids is 1. The van der Waals surface area contributed by atoms with Crippen LogP contribution in [0.25, 0.3) is 0 Å². The Morgan fingerprint density at radius 1 is 0.941 bits per heavy atom. The lowest BCUT2D eigenvalue weighted by atomic mass is 10.00. The van der Waals surface area contributed by atoms with Crippen molar-refractivity contribution in [3.63, 3.8) is 0 Å². The van der Waals surface area contributed by atoms with Crippen LogP contribution in [0.15, 0.2) is 36.4 Å². The van der Waals surface area contributed by atoms with Gasteiger partial charge in [-0.05, 0) is 66.2 Å². The van der Waals surface area contributed by atoms with Crippen LogP contribution >= 0.6 is 0 Å². The Kier molecular flexibility index (Phi) is 8.24. The molecule has 1 amide bonds. The monoisotopic (exact) mass is 464 g/mol. The summed E-state index contributed by atoms with van der Waals surface area (Å²) in [5, 5.41) is 10.3. The lowest BCUT2D eigenvalue weighted by molar-refractivity contribution is 0.0748. The van der Waals surface area contributed by atoms with Crippen LogP contribution in [0.3, 0.4) is 0 Å². The molecule has 0 radical (unpaired) electrons. The van der Waals surface area contributed by atoms with Crippen molar-refractivity contribution in [2.24, 2.45) is 5.73 Å². The van der Waals surface area contributed by atoms with E-state index in [4.69, 9.17) is 5.73 Å². The molecule has 3 N–H and O–H groups in total. The molecule has 1 saturated heterocycles. The van der Waals surface area contributed by atoms with Gasteiger partial charge in [-0.3, -0.25) is 9.69 Å². The Labute approximate surface area is 204 Å². The van der Waals surface area contributed by atoms with Crippen LogP contribution in [-0.2, 0) is 19.6 Å². The summed E-state index contributed by atoms with van der Waals surface area (Å²) in [6, 6.07) is 12.0. The van der Waals surface area contributed by atoms with Gasteiger partial charge in [0.05, 0.1) is 5.56 Å². The fourth-order valence-corrected chi connectivity index (χ4v) is 5.03. The van der Waals surface area contributed by atoms with Gasteiger partial charge in [0, 0.05) is 45.8 Å². The van der Waals surface area contributed by atoms with Crippen molar-refractivity contribution >= 4 is 5.91 Å². The molecule has 0 aliphatic carbocycles. The van der Waals surface area contributed by atoms with Crippen molar-refractivity contribution in [2.75, 3.05) is 39.3 Å². The fraction of sp³-hybridized carbons (Fsp3) is 0.536. The predicted octanol–water partition coefficient (Wildman–Crippen LogP) is 3.92. The molecule has 2 aromatic rings. The van der Waals surface area contributed by atoms with Crippen LogP contribution in [0.5, 0.6) is 5.75 Å². The number of nitrogens with zero attached hydrogens (tertiary/aromatic N) is 3. The number of nitrogens with two attached hydrogens (primary N) is 1. The molecule has 2 aliphatic rings. The Morgan fingerprint density at radius 2 is 1.68 bits per heavy atom. The number of phenolic OH excluding ortho intramolecular Hbond substituents is 1. The van der Waals surface area contributed by atoms with Gasteiger partial charge < -0.3 is 20.6 Å². The second kappa shape index (κ2) is 11.3. The standard InChI is InChI=1S/C28H40N4O2/c1-21(2)23-8-9-27(33)26(17-23)28(34)32-19-24-7-6-22(16-25(24)20-32)18-31-14-12-30(13-15-31)11-5-3-4-10-29/h6-9,16-17,21,33H,3-5,10-15,18-20,29H2,1-2H3. The highest BCUT2D eigenvalue weighted by Gasteiger charge is 2.27. The molecule has 6 heteroatoms. The number of hydrogen-bond donors (Lipinski definition) is 2. The van der Waals surface area contributed by atoms with Crippen molar-refractivity contribution < 1.29 is 9.90 Å². The number of rotatable bonds is 9. The summed E-state index contributed by atoms with van der Waals surface area (Å²) in [6.07, 6.45) is 3.61. The lowest BCUT2D eigenvalue weighted by Crippen LogP contribution is -2.46. The second-order valence-electron chi connectivity index (χ2n) is 10.2. The first kappa shape index (κ1) is 24.7. The number of carbonyl (C=O) groups is 1. The first-order valence-electron chi connectivity index (χ1n) is 12.8. The first-order valence-corrected chi connectivity index (χ1v) is 12.8. The maximum atomic E-state index is 13.2. The Hall–Kier alpha value is -2.41. The van der Waals surface area contributed by atoms with Gasteiger partial charge in [-0.25, -0.2) is 0 Å². The first-order chi connectivity index (χ1) is 16.4. The van der Waals surface area contributed by atoms with Gasteiger partial charge in [0.1, 0.15) is 5.75 Å². The number of fused-ring (bicyclic) bond motifs is 1. The van der Waals surface area contributed by atoms with Crippen LogP contribution in [0.4, 0.5) is 0 Å². The molecule has 4 rings (SSSR count). The van der Waals surface area contributed by atoms with E-state index in [0.29, 0.717) is 24.6 Å². The number of phenols is 1. The van der Waals surface area contributed by atoms with E-state index >= 15 is 0 Å². The molecule has 2 aliphatic heterocycles. The van der Waals surface area contributed by atoms with Crippen molar-refractivity contribution in [3.8, 4) is 5.75 Å². The normalized spacial score (nSPS) is 16.9. The van der Waals surface area contributed by atoms with E-state index in [0.717, 1.165) is 51.3 Å². The third-order valence-corrected chi connectivity index (χ3v) is 7.25. The molecule has 34 heavy (non-hydrogen) atoms. The molecule has 0 spiro atoms. The largest absolute Gasteiger partial charge is 0.507 e. The van der Waals surface area contributed by atoms with Crippen LogP contribution < -0.4 is 5.73 Å². The van der Waals surface area contributed by atoms with E-state index in [-0.39, 0.29) is 11.7 Å². The topological polar surface area (TPSA) is 73.0 Å². The van der Waals surface area contributed by atoms with Gasteiger partial charge in [0.25, 0.3) is 5.91 Å². The molecule has 0 unspecified atom stereocenters. The molecule has 0 bridgehead atoms. The van der Waals surface area contributed by atoms with Crippen LogP contribution in [0.1, 0.15) is 71.6 Å². The summed E-state index contributed by atoms with van der Waals surface area (Å²) in [7, 11) is 0. The molecule has 0 aromatic heterocycles. The van der Waals surface area contributed by atoms with Gasteiger partial charge in [0.2, 0.25) is 0 Å². The summed E-state index contributed by atoms with van der Waals surface area (Å²) in [5.74, 6) is 0.272. The van der Waals surface area contributed by atoms with Crippen molar-refractivity contribution in [1.29, 1.82) is 0 Å². The molecule has 0 saturated carbocycles. The molecular formula is C28H40N4O2. The molecule has 2 heterocycles. The summed E-state index contributed by atoms with van der Waals surface area (Å²) in [4.78, 5) is 20.2. The van der Waals surface area contributed by atoms with E-state index in [9.17, 15) is 9.90 Å². The van der Waals surface area contributed by atoms with Gasteiger partial charge in [-0.15, -0.1) is 0 Å². The third-order valence-electron chi connectivity index (χ3n) is 7.25. The van der Waals surface area contributed by atoms with E-state index in [1.807, 2.05) is 17.0 Å². The molecule has 1 fully saturated rings.